The molecule has 3 heterocycles. The maximum absolute atomic E-state index is 13.1. The van der Waals surface area contributed by atoms with Gasteiger partial charge in [-0.25, -0.2) is 0 Å². The van der Waals surface area contributed by atoms with Crippen LogP contribution in [0.5, 0.6) is 0 Å². The highest BCUT2D eigenvalue weighted by atomic mass is 16.3. The summed E-state index contributed by atoms with van der Waals surface area (Å²) in [6, 6.07) is 5.40. The van der Waals surface area contributed by atoms with Crippen LogP contribution >= 0.6 is 0 Å². The average molecular weight is 328 g/mol. The van der Waals surface area contributed by atoms with E-state index in [1.165, 1.54) is 12.3 Å². The van der Waals surface area contributed by atoms with Gasteiger partial charge in [0.15, 0.2) is 0 Å². The fourth-order valence-electron chi connectivity index (χ4n) is 3.38. The van der Waals surface area contributed by atoms with E-state index in [0.717, 1.165) is 30.8 Å². The number of furan rings is 1. The number of H-pyrrole nitrogens is 1. The number of carbonyl (C=O) groups is 1. The first-order valence-corrected chi connectivity index (χ1v) is 8.58. The number of aromatic amines is 1. The Labute approximate surface area is 141 Å². The van der Waals surface area contributed by atoms with Crippen molar-refractivity contribution in [2.45, 2.75) is 46.1 Å². The Morgan fingerprint density at radius 3 is 2.88 bits per heavy atom. The molecule has 5 heteroatoms. The summed E-state index contributed by atoms with van der Waals surface area (Å²) >= 11 is 0. The number of carbonyl (C=O) groups excluding carboxylic acids is 1. The molecule has 1 amide bonds. The first-order chi connectivity index (χ1) is 11.5. The van der Waals surface area contributed by atoms with E-state index in [1.54, 1.807) is 6.92 Å². The molecule has 0 aliphatic carbocycles. The Balaban J connectivity index is 1.93. The van der Waals surface area contributed by atoms with Crippen LogP contribution in [0.4, 0.5) is 0 Å². The third-order valence-corrected chi connectivity index (χ3v) is 4.85. The molecule has 1 saturated heterocycles. The molecule has 1 aliphatic rings. The van der Waals surface area contributed by atoms with E-state index >= 15 is 0 Å². The topological polar surface area (TPSA) is 66.3 Å². The smallest absolute Gasteiger partial charge is 0.256 e. The lowest BCUT2D eigenvalue weighted by Crippen LogP contribution is -2.41. The number of nitrogens with one attached hydrogen (secondary N) is 1. The van der Waals surface area contributed by atoms with Crippen LogP contribution in [0.3, 0.4) is 0 Å². The lowest BCUT2D eigenvalue weighted by Gasteiger charge is -2.37. The maximum atomic E-state index is 13.1. The summed E-state index contributed by atoms with van der Waals surface area (Å²) in [5, 5.41) is 0. The third-order valence-electron chi connectivity index (χ3n) is 4.85. The quantitative estimate of drug-likeness (QED) is 0.938. The molecule has 2 aromatic heterocycles. The number of aryl methyl sites for hydroxylation is 2. The minimum atomic E-state index is -0.188. The first kappa shape index (κ1) is 16.6. The summed E-state index contributed by atoms with van der Waals surface area (Å²) in [4.78, 5) is 29.0. The van der Waals surface area contributed by atoms with E-state index in [2.05, 4.69) is 18.8 Å². The van der Waals surface area contributed by atoms with Crippen LogP contribution in [0.2, 0.25) is 0 Å². The molecule has 0 unspecified atom stereocenters. The lowest BCUT2D eigenvalue weighted by molar-refractivity contribution is 0.0517. The predicted octanol–water partition coefficient (Wildman–Crippen LogP) is 3.45. The zero-order valence-corrected chi connectivity index (χ0v) is 14.5. The van der Waals surface area contributed by atoms with Crippen molar-refractivity contribution in [2.24, 2.45) is 5.92 Å². The average Bonchev–Trinajstić information content (AvgIpc) is 3.03. The molecule has 0 spiro atoms. The van der Waals surface area contributed by atoms with Crippen molar-refractivity contribution in [3.8, 4) is 0 Å². The number of amides is 1. The standard InChI is InChI=1S/C19H24N2O3/c1-4-14-5-6-17(24-14)16-9-12(2)7-8-21(16)19(23)15-11-20-18(22)10-13(15)3/h5-6,10-12,16H,4,7-9H2,1-3H3,(H,20,22)/t12-,16+/m0/s1. The molecule has 1 fully saturated rings. The lowest BCUT2D eigenvalue weighted by atomic mass is 9.90. The molecule has 128 valence electrons. The number of rotatable bonds is 3. The SMILES string of the molecule is CCc1ccc([C@H]2C[C@@H](C)CCN2C(=O)c2c[nH]c(=O)cc2C)o1. The molecule has 0 bridgehead atoms. The molecule has 24 heavy (non-hydrogen) atoms. The highest BCUT2D eigenvalue weighted by molar-refractivity contribution is 5.95. The molecule has 2 atom stereocenters. The van der Waals surface area contributed by atoms with Gasteiger partial charge < -0.3 is 14.3 Å². The molecular weight excluding hydrogens is 304 g/mol. The second kappa shape index (κ2) is 6.67. The molecular formula is C19H24N2O3. The Hall–Kier alpha value is -2.30. The van der Waals surface area contributed by atoms with Crippen LogP contribution in [-0.2, 0) is 6.42 Å². The highest BCUT2D eigenvalue weighted by Gasteiger charge is 2.34. The van der Waals surface area contributed by atoms with Gasteiger partial charge in [-0.15, -0.1) is 0 Å². The van der Waals surface area contributed by atoms with E-state index in [9.17, 15) is 9.59 Å². The van der Waals surface area contributed by atoms with Crippen molar-refractivity contribution in [1.82, 2.24) is 9.88 Å². The Bertz CT molecular complexity index is 790. The second-order valence-electron chi connectivity index (χ2n) is 6.70. The molecule has 0 aromatic carbocycles. The number of aromatic nitrogens is 1. The van der Waals surface area contributed by atoms with Gasteiger partial charge in [-0.2, -0.15) is 0 Å². The van der Waals surface area contributed by atoms with Crippen molar-refractivity contribution in [1.29, 1.82) is 0 Å². The molecule has 2 aromatic rings. The molecule has 0 saturated carbocycles. The first-order valence-electron chi connectivity index (χ1n) is 8.58. The van der Waals surface area contributed by atoms with E-state index in [0.29, 0.717) is 23.6 Å². The zero-order chi connectivity index (χ0) is 17.3. The number of hydrogen-bond donors (Lipinski definition) is 1. The molecule has 0 radical (unpaired) electrons. The minimum Gasteiger partial charge on any atom is -0.464 e. The Morgan fingerprint density at radius 2 is 2.21 bits per heavy atom. The van der Waals surface area contributed by atoms with Gasteiger partial charge in [0.1, 0.15) is 11.5 Å². The van der Waals surface area contributed by atoms with Crippen LogP contribution in [0.25, 0.3) is 0 Å². The number of likely N-dealkylation sites (tertiary alicyclic amines) is 1. The van der Waals surface area contributed by atoms with Gasteiger partial charge in [-0.3, -0.25) is 9.59 Å². The Morgan fingerprint density at radius 1 is 1.42 bits per heavy atom. The summed E-state index contributed by atoms with van der Waals surface area (Å²) in [5.74, 6) is 2.30. The van der Waals surface area contributed by atoms with Gasteiger partial charge in [0.05, 0.1) is 11.6 Å². The number of hydrogen-bond acceptors (Lipinski definition) is 3. The van der Waals surface area contributed by atoms with Crippen LogP contribution in [0.1, 0.15) is 60.2 Å². The van der Waals surface area contributed by atoms with Gasteiger partial charge >= 0.3 is 0 Å². The number of piperidine rings is 1. The number of pyridine rings is 1. The van der Waals surface area contributed by atoms with Gasteiger partial charge in [0.2, 0.25) is 5.56 Å². The van der Waals surface area contributed by atoms with Crippen molar-refractivity contribution in [3.05, 3.63) is 57.4 Å². The van der Waals surface area contributed by atoms with E-state index in [4.69, 9.17) is 4.42 Å². The van der Waals surface area contributed by atoms with Crippen molar-refractivity contribution in [2.75, 3.05) is 6.54 Å². The largest absolute Gasteiger partial charge is 0.464 e. The summed E-state index contributed by atoms with van der Waals surface area (Å²) in [7, 11) is 0. The fourth-order valence-corrected chi connectivity index (χ4v) is 3.38. The van der Waals surface area contributed by atoms with Crippen LogP contribution < -0.4 is 5.56 Å². The zero-order valence-electron chi connectivity index (χ0n) is 14.5. The second-order valence-corrected chi connectivity index (χ2v) is 6.70. The minimum absolute atomic E-state index is 0.0462. The van der Waals surface area contributed by atoms with Crippen molar-refractivity contribution in [3.63, 3.8) is 0 Å². The Kier molecular flexibility index (Phi) is 4.60. The van der Waals surface area contributed by atoms with Gasteiger partial charge in [0, 0.05) is 25.2 Å². The molecule has 1 aliphatic heterocycles. The third kappa shape index (κ3) is 3.16. The number of nitrogens with zero attached hydrogens (tertiary/aromatic N) is 1. The van der Waals surface area contributed by atoms with Crippen LogP contribution in [0, 0.1) is 12.8 Å². The predicted molar refractivity (Wildman–Crippen MR) is 92.1 cm³/mol. The van der Waals surface area contributed by atoms with Crippen LogP contribution in [0.15, 0.2) is 33.6 Å². The van der Waals surface area contributed by atoms with E-state index < -0.39 is 0 Å². The summed E-state index contributed by atoms with van der Waals surface area (Å²) in [5.41, 5.74) is 1.07. The highest BCUT2D eigenvalue weighted by Crippen LogP contribution is 2.36. The molecule has 5 nitrogen and oxygen atoms in total. The molecule has 3 rings (SSSR count). The van der Waals surface area contributed by atoms with Gasteiger partial charge in [-0.1, -0.05) is 13.8 Å². The van der Waals surface area contributed by atoms with Crippen molar-refractivity contribution >= 4 is 5.91 Å². The van der Waals surface area contributed by atoms with E-state index in [-0.39, 0.29) is 17.5 Å². The summed E-state index contributed by atoms with van der Waals surface area (Å²) in [6.45, 7) is 6.76. The fraction of sp³-hybridized carbons (Fsp3) is 0.474. The van der Waals surface area contributed by atoms with Gasteiger partial charge in [0.25, 0.3) is 5.91 Å². The van der Waals surface area contributed by atoms with Crippen molar-refractivity contribution < 1.29 is 9.21 Å². The normalized spacial score (nSPS) is 21.0. The van der Waals surface area contributed by atoms with Gasteiger partial charge in [-0.05, 0) is 43.4 Å². The monoisotopic (exact) mass is 328 g/mol. The van der Waals surface area contributed by atoms with E-state index in [1.807, 2.05) is 17.0 Å². The summed E-state index contributed by atoms with van der Waals surface area (Å²) < 4.78 is 5.93. The maximum Gasteiger partial charge on any atom is 0.256 e. The summed E-state index contributed by atoms with van der Waals surface area (Å²) in [6.07, 6.45) is 4.24. The molecule has 1 N–H and O–H groups in total. The van der Waals surface area contributed by atoms with Crippen LogP contribution in [-0.4, -0.2) is 22.3 Å².